The quantitative estimate of drug-likeness (QED) is 0.469. The standard InChI is InChI=1S/C22H21F2N5O3S/c1-10-7-11(2)18(25-13(4)30)15(8-10)19-21(32)27-22(29-28-19)33-12(3)20(31)26-17-9-14(23)5-6-16(17)24/h5-9,12H,1-4H3,(H,25,30)(H,26,31)(H,27,29,32). The molecule has 3 N–H and O–H groups in total. The fourth-order valence-electron chi connectivity index (χ4n) is 3.10. The second kappa shape index (κ2) is 9.90. The Balaban J connectivity index is 1.83. The molecule has 0 radical (unpaired) electrons. The zero-order valence-corrected chi connectivity index (χ0v) is 19.1. The van der Waals surface area contributed by atoms with E-state index >= 15 is 0 Å². The lowest BCUT2D eigenvalue weighted by molar-refractivity contribution is -0.115. The number of amides is 2. The highest BCUT2D eigenvalue weighted by Gasteiger charge is 2.20. The van der Waals surface area contributed by atoms with Gasteiger partial charge in [-0.15, -0.1) is 10.2 Å². The summed E-state index contributed by atoms with van der Waals surface area (Å²) in [5, 5.41) is 12.3. The van der Waals surface area contributed by atoms with Crippen molar-refractivity contribution in [2.75, 3.05) is 10.6 Å². The lowest BCUT2D eigenvalue weighted by atomic mass is 10.0. The number of halogens is 2. The number of carbonyl (C=O) groups excluding carboxylic acids is 2. The number of thioether (sulfide) groups is 1. The second-order valence-electron chi connectivity index (χ2n) is 7.37. The molecule has 0 aliphatic heterocycles. The Morgan fingerprint density at radius 3 is 2.48 bits per heavy atom. The molecule has 11 heteroatoms. The van der Waals surface area contributed by atoms with Crippen molar-refractivity contribution in [2.45, 2.75) is 38.1 Å². The van der Waals surface area contributed by atoms with Crippen LogP contribution in [0.4, 0.5) is 20.2 Å². The number of carbonyl (C=O) groups is 2. The largest absolute Gasteiger partial charge is 0.325 e. The Kier molecular flexibility index (Phi) is 7.22. The number of aryl methyl sites for hydroxylation is 2. The Morgan fingerprint density at radius 1 is 1.09 bits per heavy atom. The van der Waals surface area contributed by atoms with Crippen LogP contribution in [0.1, 0.15) is 25.0 Å². The van der Waals surface area contributed by atoms with Gasteiger partial charge in [0.2, 0.25) is 11.8 Å². The van der Waals surface area contributed by atoms with Crippen LogP contribution in [0.25, 0.3) is 11.3 Å². The second-order valence-corrected chi connectivity index (χ2v) is 8.70. The monoisotopic (exact) mass is 473 g/mol. The van der Waals surface area contributed by atoms with Crippen LogP contribution in [0.15, 0.2) is 40.3 Å². The van der Waals surface area contributed by atoms with Crippen LogP contribution in [-0.2, 0) is 9.59 Å². The van der Waals surface area contributed by atoms with Gasteiger partial charge >= 0.3 is 0 Å². The Labute approximate surface area is 192 Å². The number of hydrogen-bond donors (Lipinski definition) is 3. The minimum absolute atomic E-state index is 0.00818. The van der Waals surface area contributed by atoms with E-state index in [9.17, 15) is 23.2 Å². The molecule has 1 unspecified atom stereocenters. The summed E-state index contributed by atoms with van der Waals surface area (Å²) in [6.45, 7) is 6.53. The highest BCUT2D eigenvalue weighted by molar-refractivity contribution is 8.00. The van der Waals surface area contributed by atoms with Gasteiger partial charge < -0.3 is 10.6 Å². The normalized spacial score (nSPS) is 11.7. The molecule has 2 amide bonds. The molecular formula is C22H21F2N5O3S. The molecule has 2 aromatic carbocycles. The first kappa shape index (κ1) is 24.1. The maximum Gasteiger partial charge on any atom is 0.278 e. The van der Waals surface area contributed by atoms with E-state index in [0.29, 0.717) is 11.3 Å². The van der Waals surface area contributed by atoms with E-state index in [-0.39, 0.29) is 22.4 Å². The molecular weight excluding hydrogens is 452 g/mol. The third kappa shape index (κ3) is 5.80. The number of H-pyrrole nitrogens is 1. The van der Waals surface area contributed by atoms with Crippen molar-refractivity contribution in [1.82, 2.24) is 15.2 Å². The molecule has 0 fully saturated rings. The van der Waals surface area contributed by atoms with E-state index in [1.807, 2.05) is 13.0 Å². The molecule has 3 aromatic rings. The first-order valence-corrected chi connectivity index (χ1v) is 10.7. The van der Waals surface area contributed by atoms with Crippen molar-refractivity contribution in [2.24, 2.45) is 0 Å². The average molecular weight is 474 g/mol. The molecule has 0 spiro atoms. The van der Waals surface area contributed by atoms with Gasteiger partial charge in [0.15, 0.2) is 10.9 Å². The van der Waals surface area contributed by atoms with Gasteiger partial charge in [-0.05, 0) is 44.5 Å². The fraction of sp³-hybridized carbons (Fsp3) is 0.227. The third-order valence-electron chi connectivity index (χ3n) is 4.56. The first-order valence-electron chi connectivity index (χ1n) is 9.84. The molecule has 172 valence electrons. The van der Waals surface area contributed by atoms with Crippen LogP contribution in [0.5, 0.6) is 0 Å². The molecule has 1 aromatic heterocycles. The van der Waals surface area contributed by atoms with E-state index in [4.69, 9.17) is 0 Å². The predicted molar refractivity (Wildman–Crippen MR) is 122 cm³/mol. The molecule has 1 atom stereocenters. The zero-order chi connectivity index (χ0) is 24.3. The van der Waals surface area contributed by atoms with E-state index < -0.39 is 28.4 Å². The molecule has 0 bridgehead atoms. The molecule has 0 aliphatic rings. The Bertz CT molecular complexity index is 1300. The number of anilines is 2. The molecule has 1 heterocycles. The maximum absolute atomic E-state index is 13.8. The van der Waals surface area contributed by atoms with Crippen LogP contribution in [0.3, 0.4) is 0 Å². The van der Waals surface area contributed by atoms with Crippen molar-refractivity contribution >= 4 is 35.0 Å². The van der Waals surface area contributed by atoms with Crippen molar-refractivity contribution in [3.63, 3.8) is 0 Å². The molecule has 33 heavy (non-hydrogen) atoms. The number of nitrogens with zero attached hydrogens (tertiary/aromatic N) is 2. The van der Waals surface area contributed by atoms with Crippen molar-refractivity contribution in [1.29, 1.82) is 0 Å². The minimum atomic E-state index is -0.806. The van der Waals surface area contributed by atoms with Crippen LogP contribution in [-0.4, -0.2) is 32.2 Å². The van der Waals surface area contributed by atoms with Crippen LogP contribution in [0.2, 0.25) is 0 Å². The zero-order valence-electron chi connectivity index (χ0n) is 18.2. The summed E-state index contributed by atoms with van der Waals surface area (Å²) in [7, 11) is 0. The topological polar surface area (TPSA) is 117 Å². The molecule has 8 nitrogen and oxygen atoms in total. The number of hydrogen-bond acceptors (Lipinski definition) is 6. The number of nitrogens with one attached hydrogen (secondary N) is 3. The van der Waals surface area contributed by atoms with Crippen LogP contribution in [0, 0.1) is 25.5 Å². The Morgan fingerprint density at radius 2 is 1.82 bits per heavy atom. The summed E-state index contributed by atoms with van der Waals surface area (Å²) in [6, 6.07) is 6.30. The van der Waals surface area contributed by atoms with Crippen molar-refractivity contribution < 1.29 is 18.4 Å². The molecule has 0 aliphatic carbocycles. The van der Waals surface area contributed by atoms with E-state index in [1.54, 1.807) is 13.0 Å². The lowest BCUT2D eigenvalue weighted by Gasteiger charge is -2.14. The molecule has 0 saturated carbocycles. The van der Waals surface area contributed by atoms with Crippen molar-refractivity contribution in [3.05, 3.63) is 63.4 Å². The summed E-state index contributed by atoms with van der Waals surface area (Å²) in [6.07, 6.45) is 0. The molecule has 3 rings (SSSR count). The van der Waals surface area contributed by atoms with Gasteiger partial charge in [-0.3, -0.25) is 19.4 Å². The number of rotatable bonds is 6. The smallest absolute Gasteiger partial charge is 0.278 e. The maximum atomic E-state index is 13.8. The summed E-state index contributed by atoms with van der Waals surface area (Å²) in [5.41, 5.74) is 1.66. The summed E-state index contributed by atoms with van der Waals surface area (Å²) in [4.78, 5) is 39.3. The van der Waals surface area contributed by atoms with Gasteiger partial charge in [-0.25, -0.2) is 8.78 Å². The number of benzene rings is 2. The highest BCUT2D eigenvalue weighted by Crippen LogP contribution is 2.30. The average Bonchev–Trinajstić information content (AvgIpc) is 2.72. The fourth-order valence-corrected chi connectivity index (χ4v) is 3.84. The van der Waals surface area contributed by atoms with E-state index in [2.05, 4.69) is 25.8 Å². The van der Waals surface area contributed by atoms with Gasteiger partial charge in [0.05, 0.1) is 16.6 Å². The summed E-state index contributed by atoms with van der Waals surface area (Å²) < 4.78 is 27.1. The number of aromatic nitrogens is 3. The van der Waals surface area contributed by atoms with E-state index in [0.717, 1.165) is 41.1 Å². The van der Waals surface area contributed by atoms with Gasteiger partial charge in [-0.2, -0.15) is 0 Å². The van der Waals surface area contributed by atoms with Gasteiger partial charge in [0, 0.05) is 18.6 Å². The van der Waals surface area contributed by atoms with Crippen LogP contribution < -0.4 is 16.2 Å². The van der Waals surface area contributed by atoms with Gasteiger partial charge in [-0.1, -0.05) is 23.4 Å². The van der Waals surface area contributed by atoms with E-state index in [1.165, 1.54) is 13.8 Å². The lowest BCUT2D eigenvalue weighted by Crippen LogP contribution is -2.24. The van der Waals surface area contributed by atoms with Crippen LogP contribution >= 0.6 is 11.8 Å². The van der Waals surface area contributed by atoms with Crippen molar-refractivity contribution in [3.8, 4) is 11.3 Å². The first-order chi connectivity index (χ1) is 15.5. The molecule has 0 saturated heterocycles. The van der Waals surface area contributed by atoms with Gasteiger partial charge in [0.25, 0.3) is 5.56 Å². The summed E-state index contributed by atoms with van der Waals surface area (Å²) in [5.74, 6) is -2.38. The highest BCUT2D eigenvalue weighted by atomic mass is 32.2. The SMILES string of the molecule is CC(=O)Nc1c(C)cc(C)cc1-c1nnc(SC(C)C(=O)Nc2cc(F)ccc2F)[nH]c1=O. The summed E-state index contributed by atoms with van der Waals surface area (Å²) >= 11 is 0.893. The Hall–Kier alpha value is -3.60. The minimum Gasteiger partial charge on any atom is -0.325 e. The third-order valence-corrected chi connectivity index (χ3v) is 5.53. The predicted octanol–water partition coefficient (Wildman–Crippen LogP) is 3.80. The van der Waals surface area contributed by atoms with Gasteiger partial charge in [0.1, 0.15) is 11.6 Å². The number of aromatic amines is 1.